The Morgan fingerprint density at radius 2 is 1.93 bits per heavy atom. The summed E-state index contributed by atoms with van der Waals surface area (Å²) in [5.41, 5.74) is -0.984. The van der Waals surface area contributed by atoms with Crippen LogP contribution >= 0.6 is 7.75 Å². The molecule has 1 aromatic heterocycles. The predicted molar refractivity (Wildman–Crippen MR) is 151 cm³/mol. The Morgan fingerprint density at radius 3 is 2.61 bits per heavy atom. The number of ether oxygens (including phenoxy) is 2. The topological polar surface area (TPSA) is 158 Å². The normalized spacial score (nSPS) is 24.0. The highest BCUT2D eigenvalue weighted by atomic mass is 31.2. The molecule has 1 saturated carbocycles. The lowest BCUT2D eigenvalue weighted by molar-refractivity contribution is -0.151. The molecule has 0 bridgehead atoms. The fourth-order valence-corrected chi connectivity index (χ4v) is 6.35. The van der Waals surface area contributed by atoms with Crippen molar-refractivity contribution in [3.63, 3.8) is 0 Å². The van der Waals surface area contributed by atoms with Gasteiger partial charge in [-0.15, -0.1) is 0 Å². The Bertz CT molecular complexity index is 1350. The number of nitrogens with zero attached hydrogens (tertiary/aromatic N) is 1. The van der Waals surface area contributed by atoms with E-state index in [1.165, 1.54) is 17.7 Å². The molecule has 2 aliphatic rings. The molecule has 2 aromatic rings. The number of para-hydroxylation sites is 1. The monoisotopic (exact) mass is 591 g/mol. The van der Waals surface area contributed by atoms with Crippen molar-refractivity contribution in [3.8, 4) is 5.75 Å². The number of allylic oxidation sites excluding steroid dienone is 1. The van der Waals surface area contributed by atoms with E-state index in [0.29, 0.717) is 0 Å². The summed E-state index contributed by atoms with van der Waals surface area (Å²) in [4.78, 5) is 39.6. The molecule has 4 rings (SSSR count). The molecule has 1 saturated heterocycles. The number of H-pyrrole nitrogens is 1. The van der Waals surface area contributed by atoms with E-state index in [2.05, 4.69) is 10.1 Å². The van der Waals surface area contributed by atoms with Crippen LogP contribution in [0, 0.1) is 0 Å². The molecule has 0 spiro atoms. The maximum Gasteiger partial charge on any atom is 0.459 e. The SMILES string of the molecule is C/C=C/c1cn(C2CC(O)C(COP(=O)(N[C@@H](C)C(=O)OC3CCCCCC3)Oc3ccccc3)O2)c(=O)[nH]c1=O. The lowest BCUT2D eigenvalue weighted by Crippen LogP contribution is -2.38. The van der Waals surface area contributed by atoms with E-state index in [-0.39, 0.29) is 30.4 Å². The highest BCUT2D eigenvalue weighted by Crippen LogP contribution is 2.46. The number of aliphatic hydroxyl groups is 1. The number of nitrogens with one attached hydrogen (secondary N) is 2. The van der Waals surface area contributed by atoms with Gasteiger partial charge in [0.15, 0.2) is 0 Å². The molecule has 1 aliphatic heterocycles. The van der Waals surface area contributed by atoms with Crippen LogP contribution in [0.3, 0.4) is 0 Å². The van der Waals surface area contributed by atoms with Crippen molar-refractivity contribution in [2.45, 2.75) is 89.4 Å². The Balaban J connectivity index is 1.44. The van der Waals surface area contributed by atoms with Crippen LogP contribution in [0.2, 0.25) is 0 Å². The fourth-order valence-electron chi connectivity index (χ4n) is 4.85. The minimum Gasteiger partial charge on any atom is -0.461 e. The molecule has 1 aromatic carbocycles. The quantitative estimate of drug-likeness (QED) is 0.200. The lowest BCUT2D eigenvalue weighted by atomic mass is 10.1. The average molecular weight is 592 g/mol. The first-order valence-electron chi connectivity index (χ1n) is 14.0. The van der Waals surface area contributed by atoms with E-state index in [1.807, 2.05) is 0 Å². The molecular formula is C28H38N3O9P. The summed E-state index contributed by atoms with van der Waals surface area (Å²) in [6, 6.07) is 7.33. The zero-order valence-corrected chi connectivity index (χ0v) is 24.2. The van der Waals surface area contributed by atoms with Crippen LogP contribution in [0.1, 0.15) is 70.6 Å². The van der Waals surface area contributed by atoms with Crippen molar-refractivity contribution in [2.75, 3.05) is 6.61 Å². The van der Waals surface area contributed by atoms with Crippen LogP contribution in [0.4, 0.5) is 0 Å². The second-order valence-electron chi connectivity index (χ2n) is 10.3. The number of esters is 1. The van der Waals surface area contributed by atoms with E-state index in [1.54, 1.807) is 49.4 Å². The van der Waals surface area contributed by atoms with E-state index in [4.69, 9.17) is 18.5 Å². The molecule has 4 unspecified atom stereocenters. The van der Waals surface area contributed by atoms with Gasteiger partial charge in [0, 0.05) is 12.6 Å². The first-order valence-corrected chi connectivity index (χ1v) is 15.5. The van der Waals surface area contributed by atoms with Crippen LogP contribution < -0.4 is 20.9 Å². The highest BCUT2D eigenvalue weighted by Gasteiger charge is 2.40. The summed E-state index contributed by atoms with van der Waals surface area (Å²) in [5, 5.41) is 13.3. The van der Waals surface area contributed by atoms with Crippen molar-refractivity contribution in [2.24, 2.45) is 0 Å². The zero-order valence-electron chi connectivity index (χ0n) is 23.3. The molecule has 2 heterocycles. The average Bonchev–Trinajstić information content (AvgIpc) is 3.12. The van der Waals surface area contributed by atoms with Crippen LogP contribution in [0.25, 0.3) is 6.08 Å². The third-order valence-electron chi connectivity index (χ3n) is 7.02. The van der Waals surface area contributed by atoms with Crippen LogP contribution in [0.15, 0.2) is 52.2 Å². The second kappa shape index (κ2) is 14.2. The third kappa shape index (κ3) is 8.50. The standard InChI is InChI=1S/C28H38N3O9P/c1-3-11-20-17-31(28(35)29-26(20)33)25-16-23(32)24(39-25)18-37-41(36,40-22-14-9-6-10-15-22)30-19(2)27(34)38-21-12-7-4-5-8-13-21/h3,6,9-11,14-15,17,19,21,23-25,32H,4-5,7-8,12-13,16,18H2,1-2H3,(H,30,36)(H,29,33,35)/b11-3+/t19-,23?,24?,25?,41?/m0/s1. The number of aromatic nitrogens is 2. The summed E-state index contributed by atoms with van der Waals surface area (Å²) < 4.78 is 38.0. The van der Waals surface area contributed by atoms with Gasteiger partial charge in [0.1, 0.15) is 30.2 Å². The molecular weight excluding hydrogens is 553 g/mol. The van der Waals surface area contributed by atoms with Gasteiger partial charge < -0.3 is 19.1 Å². The number of carbonyl (C=O) groups is 1. The van der Waals surface area contributed by atoms with Gasteiger partial charge in [0.05, 0.1) is 18.3 Å². The van der Waals surface area contributed by atoms with Gasteiger partial charge in [-0.05, 0) is 51.7 Å². The summed E-state index contributed by atoms with van der Waals surface area (Å²) >= 11 is 0. The van der Waals surface area contributed by atoms with E-state index < -0.39 is 49.4 Å². The molecule has 0 amide bonds. The Labute approximate surface area is 238 Å². The van der Waals surface area contributed by atoms with Gasteiger partial charge >= 0.3 is 19.4 Å². The molecule has 5 atom stereocenters. The maximum absolute atomic E-state index is 13.9. The minimum atomic E-state index is -4.18. The van der Waals surface area contributed by atoms with Crippen molar-refractivity contribution in [3.05, 3.63) is 69.0 Å². The summed E-state index contributed by atoms with van der Waals surface area (Å²) in [6.07, 6.45) is 7.23. The van der Waals surface area contributed by atoms with Crippen LogP contribution in [-0.4, -0.2) is 51.6 Å². The second-order valence-corrected chi connectivity index (χ2v) is 12.0. The Kier molecular flexibility index (Phi) is 10.7. The van der Waals surface area contributed by atoms with Crippen molar-refractivity contribution in [1.82, 2.24) is 14.6 Å². The van der Waals surface area contributed by atoms with Gasteiger partial charge in [-0.1, -0.05) is 43.2 Å². The Hall–Kier alpha value is -3.02. The minimum absolute atomic E-state index is 0.0245. The smallest absolute Gasteiger partial charge is 0.459 e. The number of hydrogen-bond donors (Lipinski definition) is 3. The molecule has 13 heteroatoms. The maximum atomic E-state index is 13.9. The number of rotatable bonds is 11. The summed E-state index contributed by atoms with van der Waals surface area (Å²) in [7, 11) is -4.18. The molecule has 41 heavy (non-hydrogen) atoms. The third-order valence-corrected chi connectivity index (χ3v) is 8.67. The molecule has 12 nitrogen and oxygen atoms in total. The number of hydrogen-bond acceptors (Lipinski definition) is 9. The Morgan fingerprint density at radius 1 is 1.22 bits per heavy atom. The highest BCUT2D eigenvalue weighted by molar-refractivity contribution is 7.52. The fraction of sp³-hybridized carbons (Fsp3) is 0.536. The molecule has 3 N–H and O–H groups in total. The van der Waals surface area contributed by atoms with Gasteiger partial charge in [0.25, 0.3) is 5.56 Å². The molecule has 224 valence electrons. The zero-order chi connectivity index (χ0) is 29.4. The number of aromatic amines is 1. The largest absolute Gasteiger partial charge is 0.461 e. The first kappa shape index (κ1) is 30.9. The lowest BCUT2D eigenvalue weighted by Gasteiger charge is -2.25. The van der Waals surface area contributed by atoms with Crippen LogP contribution in [-0.2, 0) is 23.4 Å². The molecule has 0 radical (unpaired) electrons. The van der Waals surface area contributed by atoms with Gasteiger partial charge in [-0.25, -0.2) is 9.36 Å². The first-order chi connectivity index (χ1) is 19.7. The van der Waals surface area contributed by atoms with Gasteiger partial charge in [-0.3, -0.25) is 23.7 Å². The van der Waals surface area contributed by atoms with Crippen molar-refractivity contribution < 1.29 is 33.0 Å². The summed E-state index contributed by atoms with van der Waals surface area (Å²) in [6.45, 7) is 2.88. The van der Waals surface area contributed by atoms with Gasteiger partial charge in [0.2, 0.25) is 0 Å². The number of aliphatic hydroxyl groups excluding tert-OH is 1. The van der Waals surface area contributed by atoms with E-state index in [0.717, 1.165) is 38.5 Å². The number of carbonyl (C=O) groups excluding carboxylic acids is 1. The van der Waals surface area contributed by atoms with Crippen LogP contribution in [0.5, 0.6) is 5.75 Å². The predicted octanol–water partition coefficient (Wildman–Crippen LogP) is 3.67. The van der Waals surface area contributed by atoms with E-state index >= 15 is 0 Å². The number of benzene rings is 1. The van der Waals surface area contributed by atoms with E-state index in [9.17, 15) is 24.1 Å². The molecule has 2 fully saturated rings. The van der Waals surface area contributed by atoms with Crippen molar-refractivity contribution in [1.29, 1.82) is 0 Å². The summed E-state index contributed by atoms with van der Waals surface area (Å²) in [5.74, 6) is -0.321. The molecule has 1 aliphatic carbocycles. The van der Waals surface area contributed by atoms with Crippen molar-refractivity contribution >= 4 is 19.8 Å². The van der Waals surface area contributed by atoms with Gasteiger partial charge in [-0.2, -0.15) is 5.09 Å².